The summed E-state index contributed by atoms with van der Waals surface area (Å²) in [5.74, 6) is 0.834. The molecule has 2 rings (SSSR count). The smallest absolute Gasteiger partial charge is 0.347 e. The topological polar surface area (TPSA) is 59.9 Å². The molecule has 108 valence electrons. The monoisotopic (exact) mass is 275 g/mol. The van der Waals surface area contributed by atoms with Crippen LogP contribution in [0, 0.1) is 0 Å². The van der Waals surface area contributed by atoms with Gasteiger partial charge in [0.2, 0.25) is 0 Å². The van der Waals surface area contributed by atoms with Crippen LogP contribution in [0.2, 0.25) is 0 Å². The van der Waals surface area contributed by atoms with E-state index in [0.717, 1.165) is 24.5 Å². The second-order valence-corrected chi connectivity index (χ2v) is 4.79. The molecule has 0 amide bonds. The van der Waals surface area contributed by atoms with E-state index < -0.39 is 0 Å². The van der Waals surface area contributed by atoms with Crippen molar-refractivity contribution in [3.05, 3.63) is 41.1 Å². The number of unbranched alkanes of at least 4 members (excludes halogenated alkanes) is 4. The molecule has 0 bridgehead atoms. The molecule has 0 spiro atoms. The number of H-pyrrole nitrogens is 1. The summed E-state index contributed by atoms with van der Waals surface area (Å²) >= 11 is 0. The Morgan fingerprint density at radius 2 is 1.90 bits per heavy atom. The second-order valence-electron chi connectivity index (χ2n) is 4.79. The molecule has 0 saturated heterocycles. The van der Waals surface area contributed by atoms with Crippen LogP contribution in [0.25, 0.3) is 5.69 Å². The number of rotatable bonds is 8. The molecule has 20 heavy (non-hydrogen) atoms. The molecular weight excluding hydrogens is 254 g/mol. The van der Waals surface area contributed by atoms with Gasteiger partial charge >= 0.3 is 5.69 Å². The van der Waals surface area contributed by atoms with Crippen LogP contribution < -0.4 is 10.4 Å². The highest BCUT2D eigenvalue weighted by Crippen LogP contribution is 2.14. The minimum atomic E-state index is -0.241. The van der Waals surface area contributed by atoms with Crippen molar-refractivity contribution in [2.75, 3.05) is 6.61 Å². The maximum atomic E-state index is 11.4. The van der Waals surface area contributed by atoms with Gasteiger partial charge in [-0.25, -0.2) is 14.5 Å². The molecule has 5 heteroatoms. The van der Waals surface area contributed by atoms with E-state index in [2.05, 4.69) is 17.1 Å². The van der Waals surface area contributed by atoms with Crippen molar-refractivity contribution >= 4 is 0 Å². The van der Waals surface area contributed by atoms with E-state index in [0.29, 0.717) is 0 Å². The van der Waals surface area contributed by atoms with Gasteiger partial charge in [0.25, 0.3) is 0 Å². The van der Waals surface area contributed by atoms with Crippen LogP contribution in [0.4, 0.5) is 0 Å². The summed E-state index contributed by atoms with van der Waals surface area (Å²) in [7, 11) is 0. The Bertz CT molecular complexity index is 557. The van der Waals surface area contributed by atoms with Crippen molar-refractivity contribution < 1.29 is 4.74 Å². The zero-order chi connectivity index (χ0) is 14.2. The average molecular weight is 275 g/mol. The summed E-state index contributed by atoms with van der Waals surface area (Å²) in [6, 6.07) is 7.45. The number of aromatic amines is 1. The van der Waals surface area contributed by atoms with Crippen LogP contribution in [0.1, 0.15) is 39.0 Å². The zero-order valence-electron chi connectivity index (χ0n) is 11.8. The second kappa shape index (κ2) is 7.53. The van der Waals surface area contributed by atoms with Gasteiger partial charge in [0, 0.05) is 0 Å². The maximum Gasteiger partial charge on any atom is 0.347 e. The van der Waals surface area contributed by atoms with E-state index in [1.54, 1.807) is 0 Å². The Balaban J connectivity index is 1.80. The highest BCUT2D eigenvalue weighted by Gasteiger charge is 2.01. The van der Waals surface area contributed by atoms with Gasteiger partial charge in [0.15, 0.2) is 0 Å². The molecule has 0 atom stereocenters. The van der Waals surface area contributed by atoms with Gasteiger partial charge in [-0.15, -0.1) is 0 Å². The molecule has 0 fully saturated rings. The molecule has 0 aliphatic carbocycles. The molecule has 1 heterocycles. The van der Waals surface area contributed by atoms with Gasteiger partial charge < -0.3 is 4.74 Å². The molecule has 2 aromatic rings. The lowest BCUT2D eigenvalue weighted by Crippen LogP contribution is -2.13. The molecule has 0 radical (unpaired) electrons. The van der Waals surface area contributed by atoms with Gasteiger partial charge in [-0.1, -0.05) is 32.6 Å². The Hall–Kier alpha value is -2.04. The summed E-state index contributed by atoms with van der Waals surface area (Å²) in [4.78, 5) is 11.4. The first-order valence-electron chi connectivity index (χ1n) is 7.16. The van der Waals surface area contributed by atoms with Crippen LogP contribution >= 0.6 is 0 Å². The van der Waals surface area contributed by atoms with E-state index in [4.69, 9.17) is 4.74 Å². The first kappa shape index (κ1) is 14.4. The van der Waals surface area contributed by atoms with Crippen LogP contribution in [-0.2, 0) is 0 Å². The maximum absolute atomic E-state index is 11.4. The third kappa shape index (κ3) is 3.98. The number of aromatic nitrogens is 3. The van der Waals surface area contributed by atoms with Crippen molar-refractivity contribution in [2.45, 2.75) is 39.0 Å². The Morgan fingerprint density at radius 3 is 2.55 bits per heavy atom. The average Bonchev–Trinajstić information content (AvgIpc) is 2.90. The largest absolute Gasteiger partial charge is 0.494 e. The third-order valence-electron chi connectivity index (χ3n) is 3.18. The van der Waals surface area contributed by atoms with Crippen LogP contribution in [-0.4, -0.2) is 21.4 Å². The Kier molecular flexibility index (Phi) is 5.41. The Labute approximate surface area is 118 Å². The minimum Gasteiger partial charge on any atom is -0.494 e. The SMILES string of the molecule is CCCCCCCOc1ccc(-n2cn[nH]c2=O)cc1. The molecule has 1 aromatic heterocycles. The molecule has 0 aliphatic heterocycles. The van der Waals surface area contributed by atoms with Gasteiger partial charge in [0.05, 0.1) is 12.3 Å². The predicted molar refractivity (Wildman–Crippen MR) is 78.4 cm³/mol. The van der Waals surface area contributed by atoms with Gasteiger partial charge in [-0.3, -0.25) is 0 Å². The minimum absolute atomic E-state index is 0.241. The number of ether oxygens (including phenoxy) is 1. The van der Waals surface area contributed by atoms with Crippen LogP contribution in [0.3, 0.4) is 0 Å². The van der Waals surface area contributed by atoms with E-state index in [9.17, 15) is 4.79 Å². The lowest BCUT2D eigenvalue weighted by Gasteiger charge is -2.07. The normalized spacial score (nSPS) is 10.7. The van der Waals surface area contributed by atoms with Gasteiger partial charge in [0.1, 0.15) is 12.1 Å². The summed E-state index contributed by atoms with van der Waals surface area (Å²) in [5.41, 5.74) is 0.536. The van der Waals surface area contributed by atoms with Crippen molar-refractivity contribution in [1.82, 2.24) is 14.8 Å². The van der Waals surface area contributed by atoms with Crippen molar-refractivity contribution in [1.29, 1.82) is 0 Å². The number of benzene rings is 1. The van der Waals surface area contributed by atoms with Crippen molar-refractivity contribution in [2.24, 2.45) is 0 Å². The number of nitrogens with one attached hydrogen (secondary N) is 1. The van der Waals surface area contributed by atoms with Gasteiger partial charge in [-0.2, -0.15) is 5.10 Å². The van der Waals surface area contributed by atoms with Crippen molar-refractivity contribution in [3.63, 3.8) is 0 Å². The molecule has 0 saturated carbocycles. The van der Waals surface area contributed by atoms with Crippen LogP contribution in [0.5, 0.6) is 5.75 Å². The standard InChI is InChI=1S/C15H21N3O2/c1-2-3-4-5-6-11-20-14-9-7-13(8-10-14)18-12-16-17-15(18)19/h7-10,12H,2-6,11H2,1H3,(H,17,19). The molecule has 5 nitrogen and oxygen atoms in total. The lowest BCUT2D eigenvalue weighted by molar-refractivity contribution is 0.304. The molecule has 0 aliphatic rings. The number of hydrogen-bond donors (Lipinski definition) is 1. The van der Waals surface area contributed by atoms with E-state index in [1.807, 2.05) is 24.3 Å². The van der Waals surface area contributed by atoms with Crippen LogP contribution in [0.15, 0.2) is 35.4 Å². The predicted octanol–water partition coefficient (Wildman–Crippen LogP) is 2.91. The Morgan fingerprint density at radius 1 is 1.15 bits per heavy atom. The fourth-order valence-corrected chi connectivity index (χ4v) is 2.03. The fraction of sp³-hybridized carbons (Fsp3) is 0.467. The molecule has 1 aromatic carbocycles. The number of nitrogens with zero attached hydrogens (tertiary/aromatic N) is 2. The van der Waals surface area contributed by atoms with E-state index in [1.165, 1.54) is 36.6 Å². The highest BCUT2D eigenvalue weighted by atomic mass is 16.5. The summed E-state index contributed by atoms with van der Waals surface area (Å²) in [6.45, 7) is 2.96. The zero-order valence-corrected chi connectivity index (χ0v) is 11.8. The summed E-state index contributed by atoms with van der Waals surface area (Å²) in [5, 5.41) is 6.07. The van der Waals surface area contributed by atoms with Crippen molar-refractivity contribution in [3.8, 4) is 11.4 Å². The summed E-state index contributed by atoms with van der Waals surface area (Å²) < 4.78 is 7.13. The third-order valence-corrected chi connectivity index (χ3v) is 3.18. The number of hydrogen-bond acceptors (Lipinski definition) is 3. The molecule has 0 unspecified atom stereocenters. The first-order valence-corrected chi connectivity index (χ1v) is 7.16. The van der Waals surface area contributed by atoms with E-state index >= 15 is 0 Å². The fourth-order valence-electron chi connectivity index (χ4n) is 2.03. The molecule has 1 N–H and O–H groups in total. The summed E-state index contributed by atoms with van der Waals surface area (Å²) in [6.07, 6.45) is 7.61. The molecular formula is C15H21N3O2. The van der Waals surface area contributed by atoms with E-state index in [-0.39, 0.29) is 5.69 Å². The lowest BCUT2D eigenvalue weighted by atomic mass is 10.2. The van der Waals surface area contributed by atoms with Gasteiger partial charge in [-0.05, 0) is 30.7 Å². The quantitative estimate of drug-likeness (QED) is 0.753. The first-order chi connectivity index (χ1) is 9.81. The highest BCUT2D eigenvalue weighted by molar-refractivity contribution is 5.36.